The van der Waals surface area contributed by atoms with Gasteiger partial charge in [-0.15, -0.1) is 11.3 Å². The van der Waals surface area contributed by atoms with Crippen LogP contribution in [-0.2, 0) is 33.9 Å². The fourth-order valence-electron chi connectivity index (χ4n) is 5.11. The second kappa shape index (κ2) is 10.3. The number of rotatable bonds is 9. The summed E-state index contributed by atoms with van der Waals surface area (Å²) < 4.78 is 26.9. The maximum Gasteiger partial charge on any atom is 0.333 e. The molecule has 1 aliphatic heterocycles. The first-order valence-electron chi connectivity index (χ1n) is 11.7. The third kappa shape index (κ3) is 5.62. The van der Waals surface area contributed by atoms with Crippen molar-refractivity contribution in [2.24, 2.45) is 17.0 Å². The van der Waals surface area contributed by atoms with Crippen molar-refractivity contribution in [3.63, 3.8) is 0 Å². The summed E-state index contributed by atoms with van der Waals surface area (Å²) in [5.74, 6) is -0.448. The summed E-state index contributed by atoms with van der Waals surface area (Å²) >= 11 is 1.41. The summed E-state index contributed by atoms with van der Waals surface area (Å²) in [4.78, 5) is 29.0. The van der Waals surface area contributed by atoms with Gasteiger partial charge in [0.15, 0.2) is 0 Å². The number of hydrogen-bond donors (Lipinski definition) is 2. The molecule has 0 bridgehead atoms. The lowest BCUT2D eigenvalue weighted by atomic mass is 9.96. The predicted molar refractivity (Wildman–Crippen MR) is 134 cm³/mol. The molecular formula is C24H27N5O5S2. The van der Waals surface area contributed by atoms with Crippen molar-refractivity contribution in [1.82, 2.24) is 15.0 Å². The van der Waals surface area contributed by atoms with E-state index in [0.29, 0.717) is 41.9 Å². The van der Waals surface area contributed by atoms with Gasteiger partial charge in [0, 0.05) is 31.4 Å². The van der Waals surface area contributed by atoms with Crippen molar-refractivity contribution in [3.05, 3.63) is 69.7 Å². The fraction of sp³-hybridized carbons (Fsp3) is 0.417. The lowest BCUT2D eigenvalue weighted by Crippen LogP contribution is -2.24. The van der Waals surface area contributed by atoms with Gasteiger partial charge in [0.05, 0.1) is 40.7 Å². The largest absolute Gasteiger partial charge is 0.393 e. The SMILES string of the molecule is NS(=O)(=O)OC[C@H]1C[C@@H](Cc2ncncc2C(=O)c2cc(CN3CCc4ccncc43)cs2)C[C@@H]1O. The van der Waals surface area contributed by atoms with E-state index >= 15 is 0 Å². The number of carbonyl (C=O) groups is 1. The van der Waals surface area contributed by atoms with Gasteiger partial charge in [-0.05, 0) is 60.2 Å². The normalized spacial score (nSPS) is 21.6. The molecule has 1 fully saturated rings. The highest BCUT2D eigenvalue weighted by molar-refractivity contribution is 7.84. The zero-order valence-electron chi connectivity index (χ0n) is 19.5. The molecule has 2 aliphatic rings. The van der Waals surface area contributed by atoms with Gasteiger partial charge in [-0.25, -0.2) is 15.1 Å². The fourth-order valence-corrected chi connectivity index (χ4v) is 6.33. The minimum Gasteiger partial charge on any atom is -0.393 e. The van der Waals surface area contributed by atoms with E-state index in [1.54, 1.807) is 6.20 Å². The molecule has 0 aromatic carbocycles. The summed E-state index contributed by atoms with van der Waals surface area (Å²) in [6.07, 6.45) is 8.43. The minimum atomic E-state index is -4.06. The summed E-state index contributed by atoms with van der Waals surface area (Å²) in [6, 6.07) is 3.98. The number of aromatic nitrogens is 3. The van der Waals surface area contributed by atoms with E-state index in [1.165, 1.54) is 23.2 Å². The first-order valence-corrected chi connectivity index (χ1v) is 14.1. The number of fused-ring (bicyclic) bond motifs is 1. The molecule has 0 radical (unpaired) electrons. The molecule has 3 aromatic rings. The molecule has 36 heavy (non-hydrogen) atoms. The van der Waals surface area contributed by atoms with Gasteiger partial charge >= 0.3 is 10.3 Å². The third-order valence-corrected chi connectivity index (χ3v) is 8.30. The van der Waals surface area contributed by atoms with Gasteiger partial charge in [-0.3, -0.25) is 14.0 Å². The number of aliphatic hydroxyl groups excluding tert-OH is 1. The van der Waals surface area contributed by atoms with E-state index in [0.717, 1.165) is 24.2 Å². The number of hydrogen-bond acceptors (Lipinski definition) is 10. The lowest BCUT2D eigenvalue weighted by Gasteiger charge is -2.17. The van der Waals surface area contributed by atoms with Crippen LogP contribution in [0.4, 0.5) is 5.69 Å². The van der Waals surface area contributed by atoms with Crippen LogP contribution in [-0.4, -0.2) is 53.5 Å². The Balaban J connectivity index is 1.25. The quantitative estimate of drug-likeness (QED) is 0.396. The van der Waals surface area contributed by atoms with Gasteiger partial charge in [0.1, 0.15) is 6.33 Å². The van der Waals surface area contributed by atoms with Crippen LogP contribution in [0.5, 0.6) is 0 Å². The standard InChI is InChI=1S/C24H27N5O5S2/c25-36(32,33)34-12-18-5-15(7-22(18)30)6-20-19(9-27-14-28-20)24(31)23-8-16(13-35-23)11-29-4-2-17-1-3-26-10-21(17)29/h1,3,8-10,13-15,18,22,30H,2,4-7,11-12H2,(H2,25,32,33)/t15-,18+,22-/m0/s1. The maximum atomic E-state index is 13.4. The molecule has 190 valence electrons. The van der Waals surface area contributed by atoms with Crippen LogP contribution in [0.3, 0.4) is 0 Å². The Hall–Kier alpha value is -2.77. The summed E-state index contributed by atoms with van der Waals surface area (Å²) in [5.41, 5.74) is 4.56. The second-order valence-corrected chi connectivity index (χ2v) is 11.5. The van der Waals surface area contributed by atoms with Gasteiger partial charge in [0.25, 0.3) is 0 Å². The van der Waals surface area contributed by atoms with Crippen LogP contribution in [0.1, 0.15) is 44.9 Å². The monoisotopic (exact) mass is 529 g/mol. The Morgan fingerprint density at radius 3 is 2.97 bits per heavy atom. The number of aliphatic hydroxyl groups is 1. The second-order valence-electron chi connectivity index (χ2n) is 9.35. The van der Waals surface area contributed by atoms with E-state index in [-0.39, 0.29) is 24.2 Å². The van der Waals surface area contributed by atoms with Crippen molar-refractivity contribution < 1.29 is 22.5 Å². The highest BCUT2D eigenvalue weighted by atomic mass is 32.2. The summed E-state index contributed by atoms with van der Waals surface area (Å²) in [6.45, 7) is 1.47. The summed E-state index contributed by atoms with van der Waals surface area (Å²) in [7, 11) is -4.06. The number of pyridine rings is 1. The minimum absolute atomic E-state index is 0.0262. The third-order valence-electron chi connectivity index (χ3n) is 6.85. The Morgan fingerprint density at radius 1 is 1.28 bits per heavy atom. The molecule has 10 nitrogen and oxygen atoms in total. The Morgan fingerprint density at radius 2 is 2.14 bits per heavy atom. The molecule has 12 heteroatoms. The first kappa shape index (κ1) is 24.9. The van der Waals surface area contributed by atoms with Crippen LogP contribution in [0.25, 0.3) is 0 Å². The highest BCUT2D eigenvalue weighted by Crippen LogP contribution is 2.35. The molecule has 0 unspecified atom stereocenters. The predicted octanol–water partition coefficient (Wildman–Crippen LogP) is 1.88. The van der Waals surface area contributed by atoms with Gasteiger partial charge < -0.3 is 10.0 Å². The van der Waals surface area contributed by atoms with Crippen LogP contribution in [0, 0.1) is 11.8 Å². The van der Waals surface area contributed by atoms with Crippen LogP contribution in [0.2, 0.25) is 0 Å². The van der Waals surface area contributed by atoms with E-state index in [9.17, 15) is 18.3 Å². The lowest BCUT2D eigenvalue weighted by molar-refractivity contribution is 0.100. The molecule has 3 aromatic heterocycles. The van der Waals surface area contributed by atoms with E-state index < -0.39 is 16.4 Å². The average molecular weight is 530 g/mol. The van der Waals surface area contributed by atoms with Crippen LogP contribution < -0.4 is 10.0 Å². The van der Waals surface area contributed by atoms with E-state index in [2.05, 4.69) is 24.0 Å². The molecular weight excluding hydrogens is 502 g/mol. The van der Waals surface area contributed by atoms with Crippen LogP contribution in [0.15, 0.2) is 42.4 Å². The summed E-state index contributed by atoms with van der Waals surface area (Å²) in [5, 5.41) is 17.3. The number of ketones is 1. The number of nitrogens with zero attached hydrogens (tertiary/aromatic N) is 4. The van der Waals surface area contributed by atoms with Gasteiger partial charge in [-0.1, -0.05) is 0 Å². The molecule has 0 spiro atoms. The van der Waals surface area contributed by atoms with E-state index in [1.807, 2.05) is 29.9 Å². The van der Waals surface area contributed by atoms with Crippen molar-refractivity contribution in [3.8, 4) is 0 Å². The number of thiophene rings is 1. The van der Waals surface area contributed by atoms with Crippen molar-refractivity contribution in [2.75, 3.05) is 18.1 Å². The Labute approximate surface area is 213 Å². The Bertz CT molecular complexity index is 1360. The molecule has 1 aliphatic carbocycles. The average Bonchev–Trinajstić information content (AvgIpc) is 3.57. The highest BCUT2D eigenvalue weighted by Gasteiger charge is 2.35. The number of nitrogens with two attached hydrogens (primary N) is 1. The Kier molecular flexibility index (Phi) is 7.13. The number of anilines is 1. The van der Waals surface area contributed by atoms with Crippen molar-refractivity contribution in [1.29, 1.82) is 0 Å². The smallest absolute Gasteiger partial charge is 0.333 e. The van der Waals surface area contributed by atoms with Gasteiger partial charge in [-0.2, -0.15) is 8.42 Å². The molecule has 3 N–H and O–H groups in total. The maximum absolute atomic E-state index is 13.4. The molecule has 0 amide bonds. The molecule has 4 heterocycles. The van der Waals surface area contributed by atoms with E-state index in [4.69, 9.17) is 5.14 Å². The molecule has 3 atom stereocenters. The van der Waals surface area contributed by atoms with Gasteiger partial charge in [0.2, 0.25) is 5.78 Å². The molecule has 5 rings (SSSR count). The van der Waals surface area contributed by atoms with Crippen molar-refractivity contribution >= 4 is 33.1 Å². The molecule has 1 saturated carbocycles. The van der Waals surface area contributed by atoms with Crippen LogP contribution >= 0.6 is 11.3 Å². The first-order chi connectivity index (χ1) is 17.3. The zero-order chi connectivity index (χ0) is 25.3. The van der Waals surface area contributed by atoms with Crippen molar-refractivity contribution in [2.45, 2.75) is 38.3 Å². The number of carbonyl (C=O) groups excluding carboxylic acids is 1. The molecule has 0 saturated heterocycles. The topological polar surface area (TPSA) is 149 Å². The zero-order valence-corrected chi connectivity index (χ0v) is 21.1.